The van der Waals surface area contributed by atoms with E-state index in [4.69, 9.17) is 11.6 Å². The van der Waals surface area contributed by atoms with Gasteiger partial charge in [0.2, 0.25) is 5.91 Å². The number of carbonyl (C=O) groups is 1. The van der Waals surface area contributed by atoms with E-state index in [0.717, 1.165) is 22.8 Å². The van der Waals surface area contributed by atoms with Gasteiger partial charge in [-0.1, -0.05) is 29.8 Å². The summed E-state index contributed by atoms with van der Waals surface area (Å²) in [5.74, 6) is 0.0632. The minimum Gasteiger partial charge on any atom is -0.350 e. The van der Waals surface area contributed by atoms with Crippen LogP contribution < -0.4 is 10.9 Å². The molecule has 2 heterocycles. The molecule has 1 aliphatic carbocycles. The van der Waals surface area contributed by atoms with Gasteiger partial charge >= 0.3 is 0 Å². The van der Waals surface area contributed by atoms with Crippen molar-refractivity contribution in [3.63, 3.8) is 0 Å². The van der Waals surface area contributed by atoms with Gasteiger partial charge in [0.15, 0.2) is 0 Å². The molecule has 4 rings (SSSR count). The van der Waals surface area contributed by atoms with Gasteiger partial charge in [0.05, 0.1) is 0 Å². The van der Waals surface area contributed by atoms with E-state index in [1.54, 1.807) is 6.07 Å². The van der Waals surface area contributed by atoms with Crippen LogP contribution in [0.5, 0.6) is 0 Å². The minimum atomic E-state index is -0.311. The lowest BCUT2D eigenvalue weighted by molar-refractivity contribution is -0.119. The van der Waals surface area contributed by atoms with Crippen molar-refractivity contribution in [2.24, 2.45) is 0 Å². The molecule has 1 saturated carbocycles. The lowest BCUT2D eigenvalue weighted by Crippen LogP contribution is -2.23. The van der Waals surface area contributed by atoms with E-state index < -0.39 is 0 Å². The van der Waals surface area contributed by atoms with Crippen molar-refractivity contribution in [3.8, 4) is 0 Å². The molecule has 1 aliphatic heterocycles. The van der Waals surface area contributed by atoms with Gasteiger partial charge in [-0.05, 0) is 49.1 Å². The molecule has 134 valence electrons. The number of benzene rings is 1. The highest BCUT2D eigenvalue weighted by Crippen LogP contribution is 2.40. The minimum absolute atomic E-state index is 0.0311. The van der Waals surface area contributed by atoms with Crippen molar-refractivity contribution in [2.45, 2.75) is 41.9 Å². The first kappa shape index (κ1) is 17.4. The molecule has 1 atom stereocenters. The highest BCUT2D eigenvalue weighted by Gasteiger charge is 2.23. The van der Waals surface area contributed by atoms with Crippen LogP contribution in [0.1, 0.15) is 36.9 Å². The molecular formula is C20H19ClN2O2S. The Labute approximate surface area is 161 Å². The Balaban J connectivity index is 1.74. The fourth-order valence-electron chi connectivity index (χ4n) is 3.03. The van der Waals surface area contributed by atoms with Crippen LogP contribution in [0.4, 0.5) is 0 Å². The fourth-order valence-corrected chi connectivity index (χ4v) is 4.25. The lowest BCUT2D eigenvalue weighted by Gasteiger charge is -2.13. The maximum atomic E-state index is 12.0. The number of carbonyl (C=O) groups excluding carboxylic acids is 1. The monoisotopic (exact) mass is 386 g/mol. The molecule has 0 spiro atoms. The van der Waals surface area contributed by atoms with Gasteiger partial charge in [0.1, 0.15) is 5.02 Å². The number of H-pyrrole nitrogens is 1. The molecule has 26 heavy (non-hydrogen) atoms. The predicted octanol–water partition coefficient (Wildman–Crippen LogP) is 3.99. The molecule has 2 aliphatic rings. The van der Waals surface area contributed by atoms with Gasteiger partial charge in [-0.25, -0.2) is 0 Å². The number of hydrogen-bond acceptors (Lipinski definition) is 3. The van der Waals surface area contributed by atoms with Crippen molar-refractivity contribution >= 4 is 34.8 Å². The molecule has 6 heteroatoms. The Kier molecular flexibility index (Phi) is 4.92. The van der Waals surface area contributed by atoms with Gasteiger partial charge < -0.3 is 10.3 Å². The molecule has 2 N–H and O–H groups in total. The zero-order valence-corrected chi connectivity index (χ0v) is 15.7. The van der Waals surface area contributed by atoms with Crippen LogP contribution in [0.3, 0.4) is 0 Å². The van der Waals surface area contributed by atoms with E-state index in [1.165, 1.54) is 17.7 Å². The molecule has 0 radical (unpaired) electrons. The predicted molar refractivity (Wildman–Crippen MR) is 106 cm³/mol. The van der Waals surface area contributed by atoms with Gasteiger partial charge in [-0.2, -0.15) is 0 Å². The van der Waals surface area contributed by atoms with Gasteiger partial charge in [0, 0.05) is 33.9 Å². The van der Waals surface area contributed by atoms with E-state index in [0.29, 0.717) is 12.1 Å². The van der Waals surface area contributed by atoms with Crippen LogP contribution in [0.15, 0.2) is 52.2 Å². The first-order chi connectivity index (χ1) is 12.6. The van der Waals surface area contributed by atoms with Crippen molar-refractivity contribution in [3.05, 3.63) is 69.1 Å². The fraction of sp³-hybridized carbons (Fsp3) is 0.300. The Morgan fingerprint density at radius 1 is 1.15 bits per heavy atom. The maximum absolute atomic E-state index is 12.0. The van der Waals surface area contributed by atoms with Crippen molar-refractivity contribution in [1.29, 1.82) is 0 Å². The average molecular weight is 387 g/mol. The third kappa shape index (κ3) is 4.05. The number of aromatic nitrogens is 1. The summed E-state index contributed by atoms with van der Waals surface area (Å²) in [5, 5.41) is 3.86. The van der Waals surface area contributed by atoms with E-state index in [2.05, 4.69) is 22.4 Å². The summed E-state index contributed by atoms with van der Waals surface area (Å²) in [5.41, 5.74) is 2.32. The Bertz CT molecular complexity index is 933. The zero-order valence-electron chi connectivity index (χ0n) is 14.1. The molecule has 4 nitrogen and oxygen atoms in total. The molecule has 1 aromatic carbocycles. The number of halogens is 1. The first-order valence-corrected chi connectivity index (χ1v) is 10.0. The summed E-state index contributed by atoms with van der Waals surface area (Å²) in [6, 6.07) is 11.7. The number of thioether (sulfide) groups is 1. The topological polar surface area (TPSA) is 62.0 Å². The second-order valence-electron chi connectivity index (χ2n) is 6.69. The first-order valence-electron chi connectivity index (χ1n) is 8.76. The highest BCUT2D eigenvalue weighted by molar-refractivity contribution is 8.00. The largest absolute Gasteiger partial charge is 0.350 e. The second-order valence-corrected chi connectivity index (χ2v) is 8.47. The molecule has 1 saturated heterocycles. The van der Waals surface area contributed by atoms with Crippen LogP contribution in [0, 0.1) is 0 Å². The van der Waals surface area contributed by atoms with E-state index in [1.807, 2.05) is 36.0 Å². The van der Waals surface area contributed by atoms with E-state index in [-0.39, 0.29) is 22.5 Å². The lowest BCUT2D eigenvalue weighted by atomic mass is 9.99. The number of pyridine rings is 1. The van der Waals surface area contributed by atoms with Crippen LogP contribution in [0.25, 0.3) is 5.57 Å². The van der Waals surface area contributed by atoms with Crippen LogP contribution >= 0.6 is 23.4 Å². The summed E-state index contributed by atoms with van der Waals surface area (Å²) < 4.78 is 0. The smallest absolute Gasteiger partial charge is 0.267 e. The number of amides is 1. The number of hydrogen-bond donors (Lipinski definition) is 2. The van der Waals surface area contributed by atoms with Gasteiger partial charge in [0.25, 0.3) is 5.56 Å². The molecule has 2 aromatic rings. The summed E-state index contributed by atoms with van der Waals surface area (Å²) in [6.07, 6.45) is 5.87. The average Bonchev–Trinajstić information content (AvgIpc) is 3.34. The quantitative estimate of drug-likeness (QED) is 0.816. The Hall–Kier alpha value is -1.98. The Morgan fingerprint density at radius 3 is 2.69 bits per heavy atom. The van der Waals surface area contributed by atoms with Gasteiger partial charge in [-0.3, -0.25) is 9.59 Å². The molecule has 0 bridgehead atoms. The molecule has 0 unspecified atom stereocenters. The Morgan fingerprint density at radius 2 is 2.00 bits per heavy atom. The van der Waals surface area contributed by atoms with Gasteiger partial charge in [-0.15, -0.1) is 11.8 Å². The third-order valence-electron chi connectivity index (χ3n) is 4.52. The standard InChI is InChI=1S/C20H19ClN2O2S/c21-17-7-8-18(23-20(17)25)16(11-13-4-9-19(24)22-13)12-2-1-3-15(10-12)26-14-5-6-14/h1-3,7-8,10-11,13-14H,4-6,9H2,(H,22,24)(H,23,25)/b16-11+/t13-/m1/s1. The van der Waals surface area contributed by atoms with Crippen LogP contribution in [-0.4, -0.2) is 22.2 Å². The van der Waals surface area contributed by atoms with Crippen LogP contribution in [-0.2, 0) is 4.79 Å². The van der Waals surface area contributed by atoms with Crippen molar-refractivity contribution in [2.75, 3.05) is 0 Å². The van der Waals surface area contributed by atoms with E-state index >= 15 is 0 Å². The molecule has 1 aromatic heterocycles. The number of aromatic amines is 1. The molecule has 2 fully saturated rings. The number of nitrogens with one attached hydrogen (secondary N) is 2. The molecular weight excluding hydrogens is 368 g/mol. The SMILES string of the molecule is O=C1CC[C@H](/C=C(\c2cccc(SC3CC3)c2)c2ccc(Cl)c(=O)[nH]2)N1. The number of rotatable bonds is 5. The normalized spacial score (nSPS) is 20.3. The third-order valence-corrected chi connectivity index (χ3v) is 6.15. The van der Waals surface area contributed by atoms with Crippen molar-refractivity contribution < 1.29 is 4.79 Å². The highest BCUT2D eigenvalue weighted by atomic mass is 35.5. The van der Waals surface area contributed by atoms with E-state index in [9.17, 15) is 9.59 Å². The summed E-state index contributed by atoms with van der Waals surface area (Å²) >= 11 is 7.78. The maximum Gasteiger partial charge on any atom is 0.267 e. The zero-order chi connectivity index (χ0) is 18.1. The summed E-state index contributed by atoms with van der Waals surface area (Å²) in [4.78, 5) is 27.6. The van der Waals surface area contributed by atoms with Crippen LogP contribution in [0.2, 0.25) is 5.02 Å². The molecule has 1 amide bonds. The summed E-state index contributed by atoms with van der Waals surface area (Å²) in [7, 11) is 0. The second kappa shape index (κ2) is 7.33. The summed E-state index contributed by atoms with van der Waals surface area (Å²) in [6.45, 7) is 0. The van der Waals surface area contributed by atoms with Crippen molar-refractivity contribution in [1.82, 2.24) is 10.3 Å².